The highest BCUT2D eigenvalue weighted by atomic mass is 32.2. The van der Waals surface area contributed by atoms with E-state index in [0.717, 1.165) is 0 Å². The molecule has 0 aliphatic carbocycles. The van der Waals surface area contributed by atoms with Crippen LogP contribution in [-0.2, 0) is 19.6 Å². The van der Waals surface area contributed by atoms with Gasteiger partial charge in [-0.05, 0) is 12.1 Å². The zero-order chi connectivity index (χ0) is 17.5. The van der Waals surface area contributed by atoms with Crippen molar-refractivity contribution in [1.29, 1.82) is 0 Å². The molecule has 1 rings (SSSR count). The summed E-state index contributed by atoms with van der Waals surface area (Å²) in [5.41, 5.74) is 0.376. The van der Waals surface area contributed by atoms with Gasteiger partial charge in [-0.3, -0.25) is 9.87 Å². The van der Waals surface area contributed by atoms with E-state index >= 15 is 0 Å². The first-order valence-electron chi connectivity index (χ1n) is 6.29. The summed E-state index contributed by atoms with van der Waals surface area (Å²) in [5.74, 6) is -1.52. The Balaban J connectivity index is 2.66. The summed E-state index contributed by atoms with van der Waals surface area (Å²) in [6, 6.07) is 3.94. The molecule has 0 aromatic heterocycles. The number of ether oxygens (including phenoxy) is 2. The van der Waals surface area contributed by atoms with Crippen molar-refractivity contribution in [2.45, 2.75) is 0 Å². The quantitative estimate of drug-likeness (QED) is 0.316. The number of esters is 1. The lowest BCUT2D eigenvalue weighted by molar-refractivity contribution is 0.0528. The second kappa shape index (κ2) is 8.35. The second-order valence-electron chi connectivity index (χ2n) is 4.24. The Hall–Kier alpha value is -2.33. The van der Waals surface area contributed by atoms with Crippen molar-refractivity contribution >= 4 is 41.2 Å². The second-order valence-corrected chi connectivity index (χ2v) is 5.81. The summed E-state index contributed by atoms with van der Waals surface area (Å²) in [6.07, 6.45) is 0.661. The van der Waals surface area contributed by atoms with Crippen LogP contribution in [0.1, 0.15) is 10.4 Å². The highest BCUT2D eigenvalue weighted by molar-refractivity contribution is 7.85. The van der Waals surface area contributed by atoms with E-state index < -0.39 is 34.5 Å². The van der Waals surface area contributed by atoms with Crippen LogP contribution in [0.25, 0.3) is 0 Å². The molecule has 122 valence electrons. The van der Waals surface area contributed by atoms with Gasteiger partial charge in [-0.25, -0.2) is 9.59 Å². The standard InChI is InChI=1S/C13H14BNO7S/c1-2-5-22-13(17)15-11-4-3-9(8-10(11)14)12(16)21-6-7-23(18,19)20/h2-4,8H,1,5-7H2,(H,15,17)(H,18,19,20). The summed E-state index contributed by atoms with van der Waals surface area (Å²) in [7, 11) is 1.49. The van der Waals surface area contributed by atoms with Crippen molar-refractivity contribution in [3.63, 3.8) is 0 Å². The number of benzene rings is 1. The van der Waals surface area contributed by atoms with Gasteiger partial charge in [0, 0.05) is 5.69 Å². The maximum atomic E-state index is 11.7. The third-order valence-electron chi connectivity index (χ3n) is 2.43. The molecule has 0 aliphatic heterocycles. The van der Waals surface area contributed by atoms with Crippen molar-refractivity contribution in [2.24, 2.45) is 0 Å². The zero-order valence-corrected chi connectivity index (χ0v) is 12.8. The molecule has 0 aliphatic rings. The van der Waals surface area contributed by atoms with Gasteiger partial charge in [0.05, 0.1) is 5.56 Å². The van der Waals surface area contributed by atoms with Crippen molar-refractivity contribution in [1.82, 2.24) is 0 Å². The van der Waals surface area contributed by atoms with Gasteiger partial charge in [-0.15, -0.1) is 0 Å². The highest BCUT2D eigenvalue weighted by Crippen LogP contribution is 2.08. The average Bonchev–Trinajstić information content (AvgIpc) is 2.45. The van der Waals surface area contributed by atoms with Crippen LogP contribution in [0.5, 0.6) is 0 Å². The molecule has 1 aromatic carbocycles. The van der Waals surface area contributed by atoms with Gasteiger partial charge in [0.15, 0.2) is 0 Å². The number of nitrogens with one attached hydrogen (secondary N) is 1. The maximum absolute atomic E-state index is 11.7. The molecule has 0 atom stereocenters. The largest absolute Gasteiger partial charge is 0.461 e. The van der Waals surface area contributed by atoms with Gasteiger partial charge >= 0.3 is 12.1 Å². The molecule has 1 amide bonds. The Bertz CT molecular complexity index is 702. The summed E-state index contributed by atoms with van der Waals surface area (Å²) in [5, 5.41) is 2.38. The number of carbonyl (C=O) groups is 2. The molecule has 0 heterocycles. The molecule has 0 saturated heterocycles. The number of hydrogen-bond acceptors (Lipinski definition) is 6. The SMILES string of the molecule is [B]c1cc(C(=O)OCCS(=O)(=O)O)ccc1NC(=O)OCC=C. The monoisotopic (exact) mass is 339 g/mol. The molecule has 8 nitrogen and oxygen atoms in total. The summed E-state index contributed by atoms with van der Waals surface area (Å²) in [6.45, 7) is 2.93. The third kappa shape index (κ3) is 6.98. The van der Waals surface area contributed by atoms with Gasteiger partial charge < -0.3 is 9.47 Å². The average molecular weight is 339 g/mol. The van der Waals surface area contributed by atoms with Crippen molar-refractivity contribution in [3.05, 3.63) is 36.4 Å². The number of carbonyl (C=O) groups excluding carboxylic acids is 2. The minimum Gasteiger partial charge on any atom is -0.461 e. The lowest BCUT2D eigenvalue weighted by Crippen LogP contribution is -2.21. The Labute approximate surface area is 134 Å². The number of amides is 1. The zero-order valence-electron chi connectivity index (χ0n) is 12.0. The molecule has 0 bridgehead atoms. The molecule has 23 heavy (non-hydrogen) atoms. The topological polar surface area (TPSA) is 119 Å². The Morgan fingerprint density at radius 1 is 1.35 bits per heavy atom. The van der Waals surface area contributed by atoms with Crippen LogP contribution in [0.15, 0.2) is 30.9 Å². The number of anilines is 1. The van der Waals surface area contributed by atoms with Crippen molar-refractivity contribution in [3.8, 4) is 0 Å². The van der Waals surface area contributed by atoms with Crippen molar-refractivity contribution < 1.29 is 32.0 Å². The van der Waals surface area contributed by atoms with E-state index in [2.05, 4.69) is 16.6 Å². The van der Waals surface area contributed by atoms with Gasteiger partial charge in [-0.1, -0.05) is 24.2 Å². The van der Waals surface area contributed by atoms with Gasteiger partial charge in [-0.2, -0.15) is 8.42 Å². The number of hydrogen-bond donors (Lipinski definition) is 2. The fourth-order valence-corrected chi connectivity index (χ4v) is 1.70. The van der Waals surface area contributed by atoms with E-state index in [-0.39, 0.29) is 23.3 Å². The van der Waals surface area contributed by atoms with Crippen LogP contribution in [0, 0.1) is 0 Å². The molecule has 10 heteroatoms. The first kappa shape index (κ1) is 18.7. The molecular weight excluding hydrogens is 325 g/mol. The molecule has 1 aromatic rings. The highest BCUT2D eigenvalue weighted by Gasteiger charge is 2.12. The number of rotatable bonds is 7. The molecule has 0 spiro atoms. The normalized spacial score (nSPS) is 10.7. The Kier molecular flexibility index (Phi) is 6.79. The van der Waals surface area contributed by atoms with Gasteiger partial charge in [0.1, 0.15) is 26.8 Å². The Morgan fingerprint density at radius 3 is 2.61 bits per heavy atom. The van der Waals surface area contributed by atoms with Gasteiger partial charge in [0.2, 0.25) is 0 Å². The lowest BCUT2D eigenvalue weighted by Gasteiger charge is -2.10. The predicted octanol–water partition coefficient (Wildman–Crippen LogP) is 0.260. The smallest absolute Gasteiger partial charge is 0.411 e. The van der Waals surface area contributed by atoms with E-state index in [1.165, 1.54) is 24.3 Å². The van der Waals surface area contributed by atoms with E-state index in [9.17, 15) is 18.0 Å². The molecule has 2 N–H and O–H groups in total. The fourth-order valence-electron chi connectivity index (χ4n) is 1.41. The first-order valence-corrected chi connectivity index (χ1v) is 7.90. The van der Waals surface area contributed by atoms with Crippen molar-refractivity contribution in [2.75, 3.05) is 24.3 Å². The lowest BCUT2D eigenvalue weighted by atomic mass is 9.92. The molecule has 2 radical (unpaired) electrons. The summed E-state index contributed by atoms with van der Waals surface area (Å²) >= 11 is 0. The van der Waals surface area contributed by atoms with Crippen LogP contribution < -0.4 is 10.8 Å². The van der Waals surface area contributed by atoms with Crippen LogP contribution in [0.2, 0.25) is 0 Å². The molecule has 0 unspecified atom stereocenters. The fraction of sp³-hybridized carbons (Fsp3) is 0.231. The minimum absolute atomic E-state index is 0.0317. The third-order valence-corrected chi connectivity index (χ3v) is 3.11. The minimum atomic E-state index is -4.21. The van der Waals surface area contributed by atoms with E-state index in [1.54, 1.807) is 0 Å². The van der Waals surface area contributed by atoms with E-state index in [1.807, 2.05) is 0 Å². The maximum Gasteiger partial charge on any atom is 0.411 e. The van der Waals surface area contributed by atoms with Crippen LogP contribution in [0.4, 0.5) is 10.5 Å². The van der Waals surface area contributed by atoms with Crippen LogP contribution in [-0.4, -0.2) is 51.8 Å². The molecule has 0 fully saturated rings. The van der Waals surface area contributed by atoms with E-state index in [0.29, 0.717) is 0 Å². The van der Waals surface area contributed by atoms with E-state index in [4.69, 9.17) is 17.1 Å². The van der Waals surface area contributed by atoms with Crippen LogP contribution in [0.3, 0.4) is 0 Å². The predicted molar refractivity (Wildman–Crippen MR) is 83.7 cm³/mol. The first-order chi connectivity index (χ1) is 10.7. The Morgan fingerprint density at radius 2 is 2.04 bits per heavy atom. The molecule has 0 saturated carbocycles. The summed E-state index contributed by atoms with van der Waals surface area (Å²) in [4.78, 5) is 23.0. The van der Waals surface area contributed by atoms with Gasteiger partial charge in [0.25, 0.3) is 10.1 Å². The summed E-state index contributed by atoms with van der Waals surface area (Å²) < 4.78 is 38.9. The van der Waals surface area contributed by atoms with Crippen LogP contribution >= 0.6 is 0 Å². The molecular formula is C13H14BNO7S.